The molecule has 0 aromatic carbocycles. The van der Waals surface area contributed by atoms with Gasteiger partial charge in [0.05, 0.1) is 11.9 Å². The molecule has 16 heavy (non-hydrogen) atoms. The molecular weight excluding hydrogens is 221 g/mol. The zero-order chi connectivity index (χ0) is 11.8. The highest BCUT2D eigenvalue weighted by Crippen LogP contribution is 2.27. The Morgan fingerprint density at radius 2 is 2.00 bits per heavy atom. The number of aryl methyl sites for hydroxylation is 1. The van der Waals surface area contributed by atoms with Gasteiger partial charge < -0.3 is 0 Å². The first-order valence-corrected chi connectivity index (χ1v) is 4.40. The highest BCUT2D eigenvalue weighted by Gasteiger charge is 2.32. The molecule has 0 radical (unpaired) electrons. The summed E-state index contributed by atoms with van der Waals surface area (Å²) in [7, 11) is 0. The van der Waals surface area contributed by atoms with Crippen LogP contribution < -0.4 is 0 Å². The van der Waals surface area contributed by atoms with Gasteiger partial charge in [0.15, 0.2) is 5.82 Å². The van der Waals surface area contributed by atoms with Gasteiger partial charge in [-0.05, 0) is 19.1 Å². The maximum absolute atomic E-state index is 12.4. The van der Waals surface area contributed by atoms with Crippen molar-refractivity contribution < 1.29 is 13.2 Å². The van der Waals surface area contributed by atoms with E-state index >= 15 is 0 Å². The van der Waals surface area contributed by atoms with Crippen LogP contribution in [-0.2, 0) is 6.18 Å². The molecule has 7 heteroatoms. The number of pyridine rings is 1. The standard InChI is InChI=1S/C9H7F3N4/c1-6-5-13-15-16(6)8-4-2-3-7(14-8)9(10,11)12/h2-5H,1H3. The second kappa shape index (κ2) is 3.58. The SMILES string of the molecule is Cc1cnnn1-c1cccc(C(F)(F)F)n1. The second-order valence-corrected chi connectivity index (χ2v) is 3.17. The first kappa shape index (κ1) is 10.6. The van der Waals surface area contributed by atoms with Gasteiger partial charge in [-0.25, -0.2) is 4.98 Å². The number of halogens is 3. The Morgan fingerprint density at radius 3 is 2.56 bits per heavy atom. The molecule has 84 valence electrons. The summed E-state index contributed by atoms with van der Waals surface area (Å²) in [5.41, 5.74) is -0.327. The minimum Gasteiger partial charge on any atom is -0.224 e. The molecule has 0 aliphatic rings. The van der Waals surface area contributed by atoms with E-state index < -0.39 is 11.9 Å². The van der Waals surface area contributed by atoms with Crippen molar-refractivity contribution in [2.45, 2.75) is 13.1 Å². The van der Waals surface area contributed by atoms with E-state index in [-0.39, 0.29) is 5.82 Å². The van der Waals surface area contributed by atoms with Crippen molar-refractivity contribution >= 4 is 0 Å². The third-order valence-corrected chi connectivity index (χ3v) is 1.96. The lowest BCUT2D eigenvalue weighted by molar-refractivity contribution is -0.141. The Morgan fingerprint density at radius 1 is 1.25 bits per heavy atom. The first-order valence-electron chi connectivity index (χ1n) is 4.40. The molecule has 0 aliphatic carbocycles. The summed E-state index contributed by atoms with van der Waals surface area (Å²) < 4.78 is 38.5. The molecule has 2 aromatic heterocycles. The molecular formula is C9H7F3N4. The molecule has 0 fully saturated rings. The molecule has 0 amide bonds. The molecule has 0 saturated carbocycles. The van der Waals surface area contributed by atoms with E-state index in [0.29, 0.717) is 5.69 Å². The molecule has 0 atom stereocenters. The van der Waals surface area contributed by atoms with E-state index in [1.54, 1.807) is 6.92 Å². The summed E-state index contributed by atoms with van der Waals surface area (Å²) in [4.78, 5) is 3.48. The zero-order valence-electron chi connectivity index (χ0n) is 8.23. The summed E-state index contributed by atoms with van der Waals surface area (Å²) in [5.74, 6) is 0.102. The van der Waals surface area contributed by atoms with Crippen molar-refractivity contribution in [3.63, 3.8) is 0 Å². The smallest absolute Gasteiger partial charge is 0.224 e. The van der Waals surface area contributed by atoms with Crippen LogP contribution in [0.3, 0.4) is 0 Å². The molecule has 4 nitrogen and oxygen atoms in total. The summed E-state index contributed by atoms with van der Waals surface area (Å²) in [5, 5.41) is 7.23. The van der Waals surface area contributed by atoms with E-state index in [1.165, 1.54) is 23.0 Å². The lowest BCUT2D eigenvalue weighted by atomic mass is 10.3. The molecule has 0 N–H and O–H groups in total. The van der Waals surface area contributed by atoms with Crippen LogP contribution in [0.25, 0.3) is 5.82 Å². The summed E-state index contributed by atoms with van der Waals surface area (Å²) in [6.07, 6.45) is -3.01. The van der Waals surface area contributed by atoms with Crippen LogP contribution in [0.1, 0.15) is 11.4 Å². The monoisotopic (exact) mass is 228 g/mol. The molecule has 0 aliphatic heterocycles. The maximum atomic E-state index is 12.4. The molecule has 0 unspecified atom stereocenters. The van der Waals surface area contributed by atoms with E-state index in [1.807, 2.05) is 0 Å². The van der Waals surface area contributed by atoms with Crippen molar-refractivity contribution in [2.24, 2.45) is 0 Å². The summed E-state index contributed by atoms with van der Waals surface area (Å²) in [6.45, 7) is 1.68. The highest BCUT2D eigenvalue weighted by atomic mass is 19.4. The first-order chi connectivity index (χ1) is 7.48. The summed E-state index contributed by atoms with van der Waals surface area (Å²) >= 11 is 0. The zero-order valence-corrected chi connectivity index (χ0v) is 8.23. The van der Waals surface area contributed by atoms with Crippen LogP contribution in [0.2, 0.25) is 0 Å². The van der Waals surface area contributed by atoms with Gasteiger partial charge in [0.1, 0.15) is 5.69 Å². The second-order valence-electron chi connectivity index (χ2n) is 3.17. The minimum absolute atomic E-state index is 0.102. The van der Waals surface area contributed by atoms with E-state index in [2.05, 4.69) is 15.3 Å². The predicted octanol–water partition coefficient (Wildman–Crippen LogP) is 1.99. The third kappa shape index (κ3) is 1.88. The Bertz CT molecular complexity index is 503. The third-order valence-electron chi connectivity index (χ3n) is 1.96. The van der Waals surface area contributed by atoms with Crippen molar-refractivity contribution in [1.29, 1.82) is 0 Å². The molecule has 0 bridgehead atoms. The maximum Gasteiger partial charge on any atom is 0.433 e. The molecule has 2 rings (SSSR count). The molecule has 0 saturated heterocycles. The van der Waals surface area contributed by atoms with Crippen molar-refractivity contribution in [1.82, 2.24) is 20.0 Å². The normalized spacial score (nSPS) is 11.8. The van der Waals surface area contributed by atoms with Crippen molar-refractivity contribution in [2.75, 3.05) is 0 Å². The van der Waals surface area contributed by atoms with E-state index in [9.17, 15) is 13.2 Å². The van der Waals surface area contributed by atoms with Gasteiger partial charge in [-0.1, -0.05) is 11.3 Å². The van der Waals surface area contributed by atoms with E-state index in [4.69, 9.17) is 0 Å². The Balaban J connectivity index is 2.49. The Labute approximate surface area is 88.7 Å². The fourth-order valence-corrected chi connectivity index (χ4v) is 1.21. The number of nitrogens with zero attached hydrogens (tertiary/aromatic N) is 4. The Hall–Kier alpha value is -1.92. The quantitative estimate of drug-likeness (QED) is 0.749. The predicted molar refractivity (Wildman–Crippen MR) is 48.9 cm³/mol. The minimum atomic E-state index is -4.45. The van der Waals surface area contributed by atoms with Crippen molar-refractivity contribution in [3.05, 3.63) is 35.8 Å². The van der Waals surface area contributed by atoms with E-state index in [0.717, 1.165) is 6.07 Å². The molecule has 2 aromatic rings. The number of hydrogen-bond acceptors (Lipinski definition) is 3. The van der Waals surface area contributed by atoms with Gasteiger partial charge in [0.2, 0.25) is 0 Å². The van der Waals surface area contributed by atoms with Crippen LogP contribution in [-0.4, -0.2) is 20.0 Å². The van der Waals surface area contributed by atoms with Gasteiger partial charge in [0, 0.05) is 0 Å². The average Bonchev–Trinajstić information content (AvgIpc) is 2.63. The van der Waals surface area contributed by atoms with Gasteiger partial charge >= 0.3 is 6.18 Å². The van der Waals surface area contributed by atoms with Crippen LogP contribution in [0.15, 0.2) is 24.4 Å². The van der Waals surface area contributed by atoms with Crippen LogP contribution >= 0.6 is 0 Å². The van der Waals surface area contributed by atoms with Gasteiger partial charge in [0.25, 0.3) is 0 Å². The van der Waals surface area contributed by atoms with Gasteiger partial charge in [-0.3, -0.25) is 0 Å². The molecule has 0 spiro atoms. The number of rotatable bonds is 1. The lowest BCUT2D eigenvalue weighted by Gasteiger charge is -2.07. The van der Waals surface area contributed by atoms with Crippen molar-refractivity contribution in [3.8, 4) is 5.82 Å². The van der Waals surface area contributed by atoms with Crippen LogP contribution in [0.4, 0.5) is 13.2 Å². The average molecular weight is 228 g/mol. The van der Waals surface area contributed by atoms with Crippen LogP contribution in [0.5, 0.6) is 0 Å². The molecule has 2 heterocycles. The summed E-state index contributed by atoms with van der Waals surface area (Å²) in [6, 6.07) is 3.64. The van der Waals surface area contributed by atoms with Crippen LogP contribution in [0, 0.1) is 6.92 Å². The number of hydrogen-bond donors (Lipinski definition) is 0. The van der Waals surface area contributed by atoms with Gasteiger partial charge in [-0.15, -0.1) is 5.10 Å². The highest BCUT2D eigenvalue weighted by molar-refractivity contribution is 5.26. The van der Waals surface area contributed by atoms with Gasteiger partial charge in [-0.2, -0.15) is 17.9 Å². The topological polar surface area (TPSA) is 43.6 Å². The number of aromatic nitrogens is 4. The number of alkyl halides is 3. The fourth-order valence-electron chi connectivity index (χ4n) is 1.21. The largest absolute Gasteiger partial charge is 0.433 e. The fraction of sp³-hybridized carbons (Fsp3) is 0.222. The Kier molecular flexibility index (Phi) is 2.37. The lowest BCUT2D eigenvalue weighted by Crippen LogP contribution is -2.11.